The summed E-state index contributed by atoms with van der Waals surface area (Å²) in [5.41, 5.74) is 7.61. The van der Waals surface area contributed by atoms with Crippen molar-refractivity contribution in [1.82, 2.24) is 9.97 Å². The predicted molar refractivity (Wildman–Crippen MR) is 75.8 cm³/mol. The van der Waals surface area contributed by atoms with Gasteiger partial charge in [-0.3, -0.25) is 4.79 Å². The Bertz CT molecular complexity index is 638. The number of hydrogen-bond donors (Lipinski definition) is 2. The Morgan fingerprint density at radius 3 is 2.95 bits per heavy atom. The number of nitrogens with two attached hydrogens (primary N) is 1. The molecular formula is C12H11ClN4OS. The summed E-state index contributed by atoms with van der Waals surface area (Å²) < 4.78 is 0. The van der Waals surface area contributed by atoms with Gasteiger partial charge in [-0.2, -0.15) is 0 Å². The lowest BCUT2D eigenvalue weighted by Crippen LogP contribution is -2.15. The smallest absolute Gasteiger partial charge is 0.260 e. The van der Waals surface area contributed by atoms with Crippen LogP contribution >= 0.6 is 22.9 Å². The van der Waals surface area contributed by atoms with Gasteiger partial charge >= 0.3 is 0 Å². The van der Waals surface area contributed by atoms with E-state index in [1.54, 1.807) is 0 Å². The summed E-state index contributed by atoms with van der Waals surface area (Å²) in [5, 5.41) is 3.56. The van der Waals surface area contributed by atoms with Crippen molar-refractivity contribution in [2.45, 2.75) is 19.3 Å². The van der Waals surface area contributed by atoms with E-state index < -0.39 is 0 Å². The maximum Gasteiger partial charge on any atom is 0.260 e. The Labute approximate surface area is 118 Å². The van der Waals surface area contributed by atoms with Crippen LogP contribution in [0.25, 0.3) is 0 Å². The zero-order chi connectivity index (χ0) is 13.4. The average molecular weight is 295 g/mol. The Kier molecular flexibility index (Phi) is 3.12. The fourth-order valence-electron chi connectivity index (χ4n) is 2.23. The van der Waals surface area contributed by atoms with Crippen LogP contribution in [0, 0.1) is 0 Å². The fourth-order valence-corrected chi connectivity index (χ4v) is 3.48. The van der Waals surface area contributed by atoms with E-state index in [9.17, 15) is 4.79 Å². The molecule has 0 bridgehead atoms. The highest BCUT2D eigenvalue weighted by Gasteiger charge is 2.25. The molecule has 0 aliphatic heterocycles. The molecule has 98 valence electrons. The summed E-state index contributed by atoms with van der Waals surface area (Å²) in [5.74, 6) is 0.139. The molecule has 2 aromatic rings. The number of aryl methyl sites for hydroxylation is 1. The number of thiophene rings is 1. The van der Waals surface area contributed by atoms with Crippen molar-refractivity contribution in [3.63, 3.8) is 0 Å². The third-order valence-electron chi connectivity index (χ3n) is 3.04. The van der Waals surface area contributed by atoms with Crippen LogP contribution in [0.3, 0.4) is 0 Å². The van der Waals surface area contributed by atoms with Gasteiger partial charge < -0.3 is 11.1 Å². The second-order valence-corrected chi connectivity index (χ2v) is 5.80. The molecule has 7 heteroatoms. The molecule has 3 N–H and O–H groups in total. The van der Waals surface area contributed by atoms with Gasteiger partial charge in [0, 0.05) is 4.88 Å². The van der Waals surface area contributed by atoms with Gasteiger partial charge in [-0.25, -0.2) is 9.97 Å². The van der Waals surface area contributed by atoms with E-state index in [1.807, 2.05) is 0 Å². The molecule has 0 unspecified atom stereocenters. The van der Waals surface area contributed by atoms with Crippen molar-refractivity contribution >= 4 is 39.7 Å². The van der Waals surface area contributed by atoms with E-state index in [1.165, 1.54) is 28.6 Å². The van der Waals surface area contributed by atoms with Crippen LogP contribution in [-0.2, 0) is 12.8 Å². The molecule has 3 rings (SSSR count). The minimum absolute atomic E-state index is 0.228. The molecule has 1 amide bonds. The predicted octanol–water partition coefficient (Wildman–Crippen LogP) is 2.51. The van der Waals surface area contributed by atoms with Crippen LogP contribution in [0.5, 0.6) is 0 Å². The maximum absolute atomic E-state index is 12.3. The number of rotatable bonds is 2. The summed E-state index contributed by atoms with van der Waals surface area (Å²) in [7, 11) is 0. The molecule has 0 aromatic carbocycles. The maximum atomic E-state index is 12.3. The van der Waals surface area contributed by atoms with E-state index in [0.29, 0.717) is 16.4 Å². The molecule has 0 atom stereocenters. The van der Waals surface area contributed by atoms with E-state index in [-0.39, 0.29) is 11.1 Å². The molecule has 0 saturated carbocycles. The van der Waals surface area contributed by atoms with Crippen LogP contribution in [0.1, 0.15) is 27.2 Å². The summed E-state index contributed by atoms with van der Waals surface area (Å²) in [6.45, 7) is 0. The lowest BCUT2D eigenvalue weighted by Gasteiger charge is -2.05. The van der Waals surface area contributed by atoms with Crippen molar-refractivity contribution in [2.75, 3.05) is 11.1 Å². The molecule has 0 spiro atoms. The van der Waals surface area contributed by atoms with Crippen LogP contribution in [-0.4, -0.2) is 15.9 Å². The van der Waals surface area contributed by atoms with Gasteiger partial charge in [0.2, 0.25) is 0 Å². The van der Waals surface area contributed by atoms with Crippen molar-refractivity contribution in [3.8, 4) is 0 Å². The Morgan fingerprint density at radius 1 is 1.37 bits per heavy atom. The largest absolute Gasteiger partial charge is 0.390 e. The first kappa shape index (κ1) is 12.4. The summed E-state index contributed by atoms with van der Waals surface area (Å²) in [6.07, 6.45) is 5.82. The first-order valence-corrected chi connectivity index (χ1v) is 7.03. The highest BCUT2D eigenvalue weighted by molar-refractivity contribution is 7.16. The van der Waals surface area contributed by atoms with E-state index in [4.69, 9.17) is 17.3 Å². The first-order chi connectivity index (χ1) is 9.15. The van der Waals surface area contributed by atoms with E-state index in [2.05, 4.69) is 15.3 Å². The fraction of sp³-hybridized carbons (Fsp3) is 0.250. The van der Waals surface area contributed by atoms with Gasteiger partial charge in [0.05, 0.1) is 23.0 Å². The van der Waals surface area contributed by atoms with Gasteiger partial charge in [0.25, 0.3) is 5.91 Å². The van der Waals surface area contributed by atoms with Gasteiger partial charge in [0.1, 0.15) is 5.15 Å². The number of fused-ring (bicyclic) bond motifs is 1. The number of amides is 1. The average Bonchev–Trinajstić information content (AvgIpc) is 2.91. The van der Waals surface area contributed by atoms with Crippen molar-refractivity contribution < 1.29 is 4.79 Å². The van der Waals surface area contributed by atoms with Crippen LogP contribution in [0.15, 0.2) is 12.4 Å². The van der Waals surface area contributed by atoms with Crippen molar-refractivity contribution in [2.24, 2.45) is 0 Å². The molecular weight excluding hydrogens is 284 g/mol. The minimum atomic E-state index is -0.228. The summed E-state index contributed by atoms with van der Waals surface area (Å²) in [6, 6.07) is 0. The molecule has 19 heavy (non-hydrogen) atoms. The number of carbonyl (C=O) groups excluding carboxylic acids is 1. The van der Waals surface area contributed by atoms with Gasteiger partial charge in [-0.15, -0.1) is 11.3 Å². The quantitative estimate of drug-likeness (QED) is 0.892. The van der Waals surface area contributed by atoms with E-state index in [0.717, 1.165) is 24.8 Å². The first-order valence-electron chi connectivity index (χ1n) is 5.84. The standard InChI is InChI=1S/C12H11ClN4OS/c13-8-4-16-9(5-15-8)17-12(18)10-6-2-1-3-7(6)19-11(10)14/h4-5H,1-3,14H2,(H,16,17,18). The molecule has 0 radical (unpaired) electrons. The number of nitrogens with zero attached hydrogens (tertiary/aromatic N) is 2. The van der Waals surface area contributed by atoms with Crippen molar-refractivity contribution in [3.05, 3.63) is 33.6 Å². The number of anilines is 2. The zero-order valence-electron chi connectivity index (χ0n) is 9.94. The van der Waals surface area contributed by atoms with Gasteiger partial charge in [-0.05, 0) is 24.8 Å². The topological polar surface area (TPSA) is 80.9 Å². The van der Waals surface area contributed by atoms with Crippen LogP contribution in [0.4, 0.5) is 10.8 Å². The van der Waals surface area contributed by atoms with E-state index >= 15 is 0 Å². The number of nitrogen functional groups attached to an aromatic ring is 1. The third-order valence-corrected chi connectivity index (χ3v) is 4.35. The molecule has 1 aliphatic rings. The monoisotopic (exact) mass is 294 g/mol. The number of halogens is 1. The molecule has 0 saturated heterocycles. The Hall–Kier alpha value is -1.66. The Balaban J connectivity index is 1.86. The number of nitrogens with one attached hydrogen (secondary N) is 1. The normalized spacial score (nSPS) is 13.3. The SMILES string of the molecule is Nc1sc2c(c1C(=O)Nc1cnc(Cl)cn1)CCC2. The zero-order valence-corrected chi connectivity index (χ0v) is 11.5. The van der Waals surface area contributed by atoms with Gasteiger partial charge in [-0.1, -0.05) is 11.6 Å². The van der Waals surface area contributed by atoms with Gasteiger partial charge in [0.15, 0.2) is 5.82 Å². The third kappa shape index (κ3) is 2.29. The second kappa shape index (κ2) is 4.79. The number of carbonyl (C=O) groups is 1. The minimum Gasteiger partial charge on any atom is -0.390 e. The lowest BCUT2D eigenvalue weighted by molar-refractivity contribution is 0.102. The van der Waals surface area contributed by atoms with Crippen LogP contribution in [0.2, 0.25) is 5.15 Å². The highest BCUT2D eigenvalue weighted by atomic mass is 35.5. The lowest BCUT2D eigenvalue weighted by atomic mass is 10.1. The number of aromatic nitrogens is 2. The second-order valence-electron chi connectivity index (χ2n) is 4.28. The Morgan fingerprint density at radius 2 is 2.21 bits per heavy atom. The summed E-state index contributed by atoms with van der Waals surface area (Å²) >= 11 is 7.15. The summed E-state index contributed by atoms with van der Waals surface area (Å²) in [4.78, 5) is 21.3. The van der Waals surface area contributed by atoms with Crippen LogP contribution < -0.4 is 11.1 Å². The molecule has 1 aliphatic carbocycles. The highest BCUT2D eigenvalue weighted by Crippen LogP contribution is 2.37. The molecule has 5 nitrogen and oxygen atoms in total. The molecule has 2 aromatic heterocycles. The molecule has 0 fully saturated rings. The molecule has 2 heterocycles. The van der Waals surface area contributed by atoms with Crippen molar-refractivity contribution in [1.29, 1.82) is 0 Å². The number of hydrogen-bond acceptors (Lipinski definition) is 5.